The van der Waals surface area contributed by atoms with Gasteiger partial charge in [-0.3, -0.25) is 28.8 Å². The zero-order chi connectivity index (χ0) is 82.6. The maximum Gasteiger partial charge on any atom is 0.312 e. The van der Waals surface area contributed by atoms with E-state index in [4.69, 9.17) is 47.4 Å². The van der Waals surface area contributed by atoms with Gasteiger partial charge in [-0.25, -0.2) is 0 Å². The van der Waals surface area contributed by atoms with Gasteiger partial charge in [-0.15, -0.1) is 0 Å². The first-order chi connectivity index (χ1) is 54.7. The van der Waals surface area contributed by atoms with Crippen molar-refractivity contribution < 1.29 is 76.1 Å². The molecule has 9 saturated carbocycles. The first kappa shape index (κ1) is 94.5. The summed E-state index contributed by atoms with van der Waals surface area (Å²) in [5.74, 6) is 3.36. The minimum absolute atomic E-state index is 0.00699. The van der Waals surface area contributed by atoms with Crippen LogP contribution in [0, 0.1) is 76.9 Å². The van der Waals surface area contributed by atoms with Crippen molar-refractivity contribution in [2.24, 2.45) is 76.9 Å². The SMILES string of the molecule is CCC1CC(C(=O)OC2(CC)CCCC2)C(CC)O1.CCC1CC(C(C)C(=O)OC2(CC)CCCCC2)C(CC)O1.CCC1CC(CC(=O)OC2(CC)CC3CCC2C3)C(CC)O1.CCC1CC(CC)C(C(=O)OC2(CC)CC3CCC2C3)C1C(=O)OC1(CC)CCCC1.CCC1CC(CCC(=O)OC2(C)CCCC2)C(CC)O1. The normalized spacial score (nSPS) is 37.1. The first-order valence-corrected chi connectivity index (χ1v) is 48.7. The van der Waals surface area contributed by atoms with Crippen LogP contribution in [0.15, 0.2) is 0 Å². The molecule has 0 aromatic carbocycles. The van der Waals surface area contributed by atoms with E-state index in [9.17, 15) is 28.8 Å². The average molecular weight is 1600 g/mol. The van der Waals surface area contributed by atoms with E-state index >= 15 is 0 Å². The quantitative estimate of drug-likeness (QED) is 0.0469. The number of esters is 6. The molecule has 13 aliphatic rings. The molecule has 0 N–H and O–H groups in total. The number of ether oxygens (including phenoxy) is 10. The van der Waals surface area contributed by atoms with Gasteiger partial charge >= 0.3 is 35.8 Å². The Morgan fingerprint density at radius 3 is 1.22 bits per heavy atom. The van der Waals surface area contributed by atoms with Gasteiger partial charge in [0.05, 0.1) is 78.9 Å². The molecule has 4 heterocycles. The lowest BCUT2D eigenvalue weighted by Crippen LogP contribution is -2.45. The molecule has 4 saturated heterocycles. The van der Waals surface area contributed by atoms with Crippen molar-refractivity contribution in [2.75, 3.05) is 0 Å². The van der Waals surface area contributed by atoms with Crippen LogP contribution in [0.2, 0.25) is 0 Å². The molecule has 0 radical (unpaired) electrons. The topological polar surface area (TPSA) is 195 Å². The molecule has 4 aliphatic heterocycles. The van der Waals surface area contributed by atoms with E-state index in [-0.39, 0.29) is 129 Å². The molecule has 656 valence electrons. The molecule has 0 aromatic rings. The van der Waals surface area contributed by atoms with Crippen LogP contribution in [-0.2, 0) is 76.1 Å². The van der Waals surface area contributed by atoms with Crippen molar-refractivity contribution >= 4 is 35.8 Å². The van der Waals surface area contributed by atoms with Crippen molar-refractivity contribution in [3.05, 3.63) is 0 Å². The molecule has 0 spiro atoms. The van der Waals surface area contributed by atoms with Crippen LogP contribution < -0.4 is 0 Å². The summed E-state index contributed by atoms with van der Waals surface area (Å²) >= 11 is 0. The highest BCUT2D eigenvalue weighted by Gasteiger charge is 2.58. The Morgan fingerprint density at radius 2 is 0.772 bits per heavy atom. The Hall–Kier alpha value is -3.34. The van der Waals surface area contributed by atoms with Gasteiger partial charge in [0.25, 0.3) is 0 Å². The van der Waals surface area contributed by atoms with Crippen molar-refractivity contribution in [1.29, 1.82) is 0 Å². The predicted octanol–water partition coefficient (Wildman–Crippen LogP) is 23.9. The Morgan fingerprint density at radius 1 is 0.360 bits per heavy atom. The largest absolute Gasteiger partial charge is 0.459 e. The fraction of sp³-hybridized carbons (Fsp3) is 0.939. The van der Waals surface area contributed by atoms with Gasteiger partial charge in [0, 0.05) is 12.3 Å². The van der Waals surface area contributed by atoms with Crippen LogP contribution in [0.1, 0.15) is 426 Å². The number of hydrogen-bond acceptors (Lipinski definition) is 16. The predicted molar refractivity (Wildman–Crippen MR) is 451 cm³/mol. The zero-order valence-electron chi connectivity index (χ0n) is 75.6. The third-order valence-electron chi connectivity index (χ3n) is 32.5. The maximum absolute atomic E-state index is 13.7. The van der Waals surface area contributed by atoms with Gasteiger partial charge in [-0.05, 0) is 330 Å². The van der Waals surface area contributed by atoms with E-state index in [0.29, 0.717) is 66.8 Å². The monoisotopic (exact) mass is 1600 g/mol. The molecular formula is C98H168O16. The van der Waals surface area contributed by atoms with Gasteiger partial charge in [-0.2, -0.15) is 0 Å². The highest BCUT2D eigenvalue weighted by Crippen LogP contribution is 2.57. The molecule has 23 unspecified atom stereocenters. The van der Waals surface area contributed by atoms with Crippen LogP contribution in [0.25, 0.3) is 0 Å². The zero-order valence-corrected chi connectivity index (χ0v) is 75.6. The number of carbonyl (C=O) groups excluding carboxylic acids is 6. The lowest BCUT2D eigenvalue weighted by Gasteiger charge is -2.38. The smallest absolute Gasteiger partial charge is 0.312 e. The molecule has 4 bridgehead atoms. The van der Waals surface area contributed by atoms with Crippen LogP contribution in [-0.4, -0.2) is 118 Å². The highest BCUT2D eigenvalue weighted by molar-refractivity contribution is 5.84. The van der Waals surface area contributed by atoms with Crippen molar-refractivity contribution in [2.45, 2.75) is 508 Å². The van der Waals surface area contributed by atoms with E-state index in [2.05, 4.69) is 111 Å². The van der Waals surface area contributed by atoms with Gasteiger partial charge in [0.2, 0.25) is 0 Å². The Labute approximate surface area is 693 Å². The first-order valence-electron chi connectivity index (χ1n) is 48.7. The number of fused-ring (bicyclic) bond motifs is 4. The summed E-state index contributed by atoms with van der Waals surface area (Å²) in [7, 11) is 0. The second-order valence-corrected chi connectivity index (χ2v) is 39.2. The van der Waals surface area contributed by atoms with Crippen molar-refractivity contribution in [3.8, 4) is 0 Å². The molecule has 16 nitrogen and oxygen atoms in total. The number of rotatable bonds is 31. The third kappa shape index (κ3) is 23.5. The number of carbonyl (C=O) groups is 6. The average Bonchev–Trinajstić information content (AvgIpc) is 1.61. The second-order valence-electron chi connectivity index (χ2n) is 39.2. The van der Waals surface area contributed by atoms with E-state index in [1.54, 1.807) is 0 Å². The summed E-state index contributed by atoms with van der Waals surface area (Å²) in [6.45, 7) is 36.4. The van der Waals surface area contributed by atoms with E-state index in [0.717, 1.165) is 224 Å². The van der Waals surface area contributed by atoms with Crippen LogP contribution in [0.5, 0.6) is 0 Å². The van der Waals surface area contributed by atoms with Crippen molar-refractivity contribution in [1.82, 2.24) is 0 Å². The summed E-state index contributed by atoms with van der Waals surface area (Å²) in [4.78, 5) is 77.2. The molecule has 13 fully saturated rings. The fourth-order valence-corrected chi connectivity index (χ4v) is 24.8. The minimum atomic E-state index is -0.334. The fourth-order valence-electron chi connectivity index (χ4n) is 24.8. The Bertz CT molecular complexity index is 2940. The molecule has 13 rings (SSSR count). The molecule has 16 heteroatoms. The number of hydrogen-bond donors (Lipinski definition) is 0. The van der Waals surface area contributed by atoms with E-state index in [1.165, 1.54) is 83.5 Å². The molecule has 0 amide bonds. The molecule has 0 aromatic heterocycles. The van der Waals surface area contributed by atoms with Crippen molar-refractivity contribution in [3.63, 3.8) is 0 Å². The third-order valence-corrected chi connectivity index (χ3v) is 32.5. The lowest BCUT2D eigenvalue weighted by atomic mass is 9.81. The van der Waals surface area contributed by atoms with E-state index in [1.807, 2.05) is 6.92 Å². The van der Waals surface area contributed by atoms with Gasteiger partial charge in [0.15, 0.2) is 0 Å². The summed E-state index contributed by atoms with van der Waals surface area (Å²) < 4.78 is 60.6. The molecule has 23 atom stereocenters. The summed E-state index contributed by atoms with van der Waals surface area (Å²) in [5, 5.41) is 0. The summed E-state index contributed by atoms with van der Waals surface area (Å²) in [6.07, 6.45) is 52.2. The Balaban J connectivity index is 0.000000165. The molecule has 114 heavy (non-hydrogen) atoms. The standard InChI is InChI=1S/C27H44O4.C19H32O3.C19H34O3.C17H30O3.C16H28O3/c1-5-19-16-20(6-2)23(22(19)24(28)30-26(7-3)13-9-10-14-26)25(29)31-27(8-4)17-18-11-12-21(27)15-18;1-4-16-10-14(17(5-2)21-16)11-18(20)22-19(6-3)12-13-7-8-15(19)9-13;1-5-15-13-16(17(6-2)21-15)14(4)18(20)22-19(7-3)11-9-8-10-12-19;1-4-14-12-13(15(5-2)19-14)8-9-16(18)20-17(3)10-6-7-11-17;1-4-12-11-13(14(5-2)18-12)15(17)19-16(6-3)9-7-8-10-16/h18-23H,5-17H2,1-4H3;13-17H,4-12H2,1-3H3;14-17H,5-13H2,1-4H3;13-15H,4-12H2,1-3H3;12-14H,4-11H2,1-3H3. The molecular weight excluding hydrogens is 1430 g/mol. The highest BCUT2D eigenvalue weighted by atomic mass is 16.6. The van der Waals surface area contributed by atoms with Crippen LogP contribution in [0.4, 0.5) is 0 Å². The Kier molecular flexibility index (Phi) is 36.4. The lowest BCUT2D eigenvalue weighted by molar-refractivity contribution is -0.183. The van der Waals surface area contributed by atoms with Crippen LogP contribution in [0.3, 0.4) is 0 Å². The van der Waals surface area contributed by atoms with Gasteiger partial charge < -0.3 is 47.4 Å². The second kappa shape index (κ2) is 43.9. The van der Waals surface area contributed by atoms with Crippen LogP contribution >= 0.6 is 0 Å². The molecule has 9 aliphatic carbocycles. The van der Waals surface area contributed by atoms with Gasteiger partial charge in [0.1, 0.15) is 33.6 Å². The maximum atomic E-state index is 13.7. The summed E-state index contributed by atoms with van der Waals surface area (Å²) in [6, 6.07) is 0. The van der Waals surface area contributed by atoms with Gasteiger partial charge in [-0.1, -0.05) is 130 Å². The van der Waals surface area contributed by atoms with E-state index < -0.39 is 0 Å². The summed E-state index contributed by atoms with van der Waals surface area (Å²) in [5.41, 5.74) is -1.25. The minimum Gasteiger partial charge on any atom is -0.459 e.